The zero-order valence-corrected chi connectivity index (χ0v) is 15.0. The van der Waals surface area contributed by atoms with Crippen LogP contribution in [0.2, 0.25) is 0 Å². The van der Waals surface area contributed by atoms with E-state index in [0.717, 1.165) is 17.9 Å². The zero-order valence-electron chi connectivity index (χ0n) is 13.4. The molecule has 0 bridgehead atoms. The summed E-state index contributed by atoms with van der Waals surface area (Å²) in [6.45, 7) is 7.14. The monoisotopic (exact) mass is 348 g/mol. The van der Waals surface area contributed by atoms with Crippen molar-refractivity contribution < 1.29 is 0 Å². The van der Waals surface area contributed by atoms with Gasteiger partial charge >= 0.3 is 0 Å². The van der Waals surface area contributed by atoms with Gasteiger partial charge in [0.1, 0.15) is 0 Å². The normalized spacial score (nSPS) is 11.2. The Morgan fingerprint density at radius 1 is 1.30 bits per heavy atom. The van der Waals surface area contributed by atoms with Crippen LogP contribution < -0.4 is 16.0 Å². The van der Waals surface area contributed by atoms with Crippen LogP contribution in [0.3, 0.4) is 0 Å². The van der Waals surface area contributed by atoms with Gasteiger partial charge in [-0.3, -0.25) is 5.32 Å². The molecule has 0 amide bonds. The first-order valence-electron chi connectivity index (χ1n) is 7.28. The number of aliphatic imine (C=N–C) groups is 1. The van der Waals surface area contributed by atoms with Gasteiger partial charge in [-0.05, 0) is 50.5 Å². The molecule has 2 aromatic rings. The number of aromatic nitrogens is 2. The molecule has 2 heterocycles. The molecule has 0 atom stereocenters. The van der Waals surface area contributed by atoms with Gasteiger partial charge in [0, 0.05) is 22.8 Å². The number of hydrogen-bond acceptors (Lipinski definition) is 5. The molecular formula is C15H20N6S2. The lowest BCUT2D eigenvalue weighted by atomic mass is 10.4. The molecule has 8 heteroatoms. The molecule has 3 N–H and O–H groups in total. The molecule has 0 radical (unpaired) electrons. The van der Waals surface area contributed by atoms with Gasteiger partial charge in [-0.1, -0.05) is 6.07 Å². The predicted molar refractivity (Wildman–Crippen MR) is 100.0 cm³/mol. The standard InChI is InChI=1S/C15H20N6S2/c1-4-16-15(22)21-13(17-9-12-6-5-7-23-12)20-14-18-10(2)8-11(3)19-14/h5-8H,4,9H2,1-3H3,(H3,16,17,18,19,20,21,22). The van der Waals surface area contributed by atoms with Gasteiger partial charge in [-0.25, -0.2) is 15.0 Å². The first-order chi connectivity index (χ1) is 11.1. The second-order valence-electron chi connectivity index (χ2n) is 4.83. The first kappa shape index (κ1) is 17.3. The molecular weight excluding hydrogens is 328 g/mol. The van der Waals surface area contributed by atoms with Gasteiger partial charge in [0.2, 0.25) is 11.9 Å². The Morgan fingerprint density at radius 3 is 2.65 bits per heavy atom. The van der Waals surface area contributed by atoms with E-state index in [1.807, 2.05) is 44.4 Å². The third-order valence-corrected chi connectivity index (χ3v) is 3.86. The molecule has 122 valence electrons. The molecule has 2 rings (SSSR count). The van der Waals surface area contributed by atoms with Crippen molar-refractivity contribution in [1.29, 1.82) is 0 Å². The fraction of sp³-hybridized carbons (Fsp3) is 0.333. The van der Waals surface area contributed by atoms with Crippen LogP contribution >= 0.6 is 23.6 Å². The second kappa shape index (κ2) is 8.54. The van der Waals surface area contributed by atoms with E-state index in [2.05, 4.69) is 30.9 Å². The predicted octanol–water partition coefficient (Wildman–Crippen LogP) is 2.61. The van der Waals surface area contributed by atoms with Crippen LogP contribution in [0.4, 0.5) is 5.95 Å². The van der Waals surface area contributed by atoms with E-state index in [1.54, 1.807) is 11.3 Å². The summed E-state index contributed by atoms with van der Waals surface area (Å²) in [4.78, 5) is 14.4. The minimum absolute atomic E-state index is 0.499. The summed E-state index contributed by atoms with van der Waals surface area (Å²) in [6, 6.07) is 5.97. The second-order valence-corrected chi connectivity index (χ2v) is 6.27. The number of guanidine groups is 1. The van der Waals surface area contributed by atoms with Crippen molar-refractivity contribution in [1.82, 2.24) is 20.6 Å². The Balaban J connectivity index is 2.14. The largest absolute Gasteiger partial charge is 0.363 e. The average Bonchev–Trinajstić information content (AvgIpc) is 2.97. The van der Waals surface area contributed by atoms with Crippen molar-refractivity contribution >= 4 is 40.6 Å². The lowest BCUT2D eigenvalue weighted by molar-refractivity contribution is 0.949. The summed E-state index contributed by atoms with van der Waals surface area (Å²) >= 11 is 6.89. The van der Waals surface area contributed by atoms with Crippen LogP contribution in [-0.2, 0) is 6.54 Å². The highest BCUT2D eigenvalue weighted by Crippen LogP contribution is 2.10. The summed E-state index contributed by atoms with van der Waals surface area (Å²) < 4.78 is 0. The van der Waals surface area contributed by atoms with E-state index in [1.165, 1.54) is 4.88 Å². The molecule has 0 spiro atoms. The fourth-order valence-electron chi connectivity index (χ4n) is 1.87. The number of nitrogens with one attached hydrogen (secondary N) is 3. The molecule has 0 saturated heterocycles. The highest BCUT2D eigenvalue weighted by molar-refractivity contribution is 7.80. The van der Waals surface area contributed by atoms with E-state index in [0.29, 0.717) is 23.6 Å². The van der Waals surface area contributed by atoms with E-state index in [-0.39, 0.29) is 0 Å². The Bertz CT molecular complexity index is 661. The molecule has 0 aromatic carbocycles. The van der Waals surface area contributed by atoms with Crippen LogP contribution in [0.15, 0.2) is 28.6 Å². The highest BCUT2D eigenvalue weighted by atomic mass is 32.1. The van der Waals surface area contributed by atoms with Crippen LogP contribution in [0.25, 0.3) is 0 Å². The summed E-state index contributed by atoms with van der Waals surface area (Å²) in [5.41, 5.74) is 1.79. The number of rotatable bonds is 4. The number of thiocarbonyl (C=S) groups is 1. The van der Waals surface area contributed by atoms with Gasteiger partial charge < -0.3 is 10.6 Å². The lowest BCUT2D eigenvalue weighted by Crippen LogP contribution is -2.42. The van der Waals surface area contributed by atoms with Gasteiger partial charge in [0.05, 0.1) is 6.54 Å². The Hall–Kier alpha value is -2.06. The summed E-state index contributed by atoms with van der Waals surface area (Å²) in [5, 5.41) is 11.7. The Morgan fingerprint density at radius 2 is 2.04 bits per heavy atom. The van der Waals surface area contributed by atoms with E-state index >= 15 is 0 Å². The molecule has 0 fully saturated rings. The molecule has 2 aromatic heterocycles. The third kappa shape index (κ3) is 5.91. The first-order valence-corrected chi connectivity index (χ1v) is 8.56. The van der Waals surface area contributed by atoms with Gasteiger partial charge in [-0.15, -0.1) is 11.3 Å². The molecule has 0 unspecified atom stereocenters. The summed E-state index contributed by atoms with van der Waals surface area (Å²) in [7, 11) is 0. The molecule has 6 nitrogen and oxygen atoms in total. The van der Waals surface area contributed by atoms with Gasteiger partial charge in [0.25, 0.3) is 0 Å². The van der Waals surface area contributed by atoms with Crippen molar-refractivity contribution in [3.8, 4) is 0 Å². The average molecular weight is 349 g/mol. The maximum absolute atomic E-state index is 5.23. The van der Waals surface area contributed by atoms with E-state index in [4.69, 9.17) is 12.2 Å². The minimum Gasteiger partial charge on any atom is -0.363 e. The van der Waals surface area contributed by atoms with Gasteiger partial charge in [-0.2, -0.15) is 0 Å². The maximum Gasteiger partial charge on any atom is 0.229 e. The number of anilines is 1. The van der Waals surface area contributed by atoms with Crippen molar-refractivity contribution in [2.24, 2.45) is 4.99 Å². The molecule has 0 aliphatic heterocycles. The molecule has 0 aliphatic rings. The van der Waals surface area contributed by atoms with Crippen LogP contribution in [-0.4, -0.2) is 27.6 Å². The van der Waals surface area contributed by atoms with Crippen molar-refractivity contribution in [3.63, 3.8) is 0 Å². The van der Waals surface area contributed by atoms with E-state index in [9.17, 15) is 0 Å². The summed E-state index contributed by atoms with van der Waals surface area (Å²) in [5.74, 6) is 1.02. The van der Waals surface area contributed by atoms with Crippen molar-refractivity contribution in [3.05, 3.63) is 39.8 Å². The summed E-state index contributed by atoms with van der Waals surface area (Å²) in [6.07, 6.45) is 0. The molecule has 0 aliphatic carbocycles. The van der Waals surface area contributed by atoms with Crippen LogP contribution in [0.5, 0.6) is 0 Å². The smallest absolute Gasteiger partial charge is 0.229 e. The van der Waals surface area contributed by atoms with Crippen molar-refractivity contribution in [2.75, 3.05) is 11.9 Å². The minimum atomic E-state index is 0.499. The quantitative estimate of drug-likeness (QED) is 0.448. The highest BCUT2D eigenvalue weighted by Gasteiger charge is 2.06. The number of aryl methyl sites for hydroxylation is 2. The Labute approximate surface area is 145 Å². The zero-order chi connectivity index (χ0) is 16.7. The van der Waals surface area contributed by atoms with E-state index < -0.39 is 0 Å². The lowest BCUT2D eigenvalue weighted by Gasteiger charge is -2.13. The van der Waals surface area contributed by atoms with Crippen molar-refractivity contribution in [2.45, 2.75) is 27.3 Å². The SMILES string of the molecule is CCNC(=S)NC(=NCc1cccs1)Nc1nc(C)cc(C)n1. The molecule has 0 saturated carbocycles. The maximum atomic E-state index is 5.23. The topological polar surface area (TPSA) is 74.2 Å². The fourth-order valence-corrected chi connectivity index (χ4v) is 2.74. The number of thiophene rings is 1. The third-order valence-electron chi connectivity index (χ3n) is 2.75. The molecule has 23 heavy (non-hydrogen) atoms. The van der Waals surface area contributed by atoms with Crippen LogP contribution in [0.1, 0.15) is 23.2 Å². The number of nitrogens with zero attached hydrogens (tertiary/aromatic N) is 3. The number of hydrogen-bond donors (Lipinski definition) is 3. The van der Waals surface area contributed by atoms with Crippen LogP contribution in [0, 0.1) is 13.8 Å². The Kier molecular flexibility index (Phi) is 6.42. The van der Waals surface area contributed by atoms with Gasteiger partial charge in [0.15, 0.2) is 5.11 Å².